The van der Waals surface area contributed by atoms with Crippen molar-refractivity contribution in [2.24, 2.45) is 0 Å². The van der Waals surface area contributed by atoms with Crippen molar-refractivity contribution in [1.29, 1.82) is 0 Å². The summed E-state index contributed by atoms with van der Waals surface area (Å²) in [6.45, 7) is 1.35. The molecule has 0 amide bonds. The van der Waals surface area contributed by atoms with E-state index in [1.165, 1.54) is 0 Å². The molecule has 0 bridgehead atoms. The molecule has 0 aliphatic carbocycles. The Hall–Kier alpha value is -2.36. The van der Waals surface area contributed by atoms with Gasteiger partial charge in [0.2, 0.25) is 0 Å². The lowest BCUT2D eigenvalue weighted by molar-refractivity contribution is 0.258. The van der Waals surface area contributed by atoms with Gasteiger partial charge in [-0.1, -0.05) is 18.2 Å². The lowest BCUT2D eigenvalue weighted by atomic mass is 10.2. The molecule has 4 heteroatoms. The maximum absolute atomic E-state index is 5.82. The van der Waals surface area contributed by atoms with Crippen molar-refractivity contribution < 1.29 is 14.2 Å². The van der Waals surface area contributed by atoms with Crippen molar-refractivity contribution in [3.05, 3.63) is 48.5 Å². The summed E-state index contributed by atoms with van der Waals surface area (Å²) in [5.74, 6) is 2.45. The Labute approximate surface area is 138 Å². The van der Waals surface area contributed by atoms with E-state index in [1.807, 2.05) is 67.5 Å². The highest BCUT2D eigenvalue weighted by Gasteiger charge is 2.06. The van der Waals surface area contributed by atoms with E-state index in [4.69, 9.17) is 14.2 Å². The average molecular weight is 315 g/mol. The summed E-state index contributed by atoms with van der Waals surface area (Å²) in [6.07, 6.45) is 1.89. The summed E-state index contributed by atoms with van der Waals surface area (Å²) in [7, 11) is 5.67. The van der Waals surface area contributed by atoms with Crippen LogP contribution in [-0.2, 0) is 0 Å². The molecule has 0 unspecified atom stereocenters. The highest BCUT2D eigenvalue weighted by molar-refractivity contribution is 5.55. The average Bonchev–Trinajstić information content (AvgIpc) is 2.58. The van der Waals surface area contributed by atoms with Crippen LogP contribution in [-0.4, -0.2) is 34.4 Å². The summed E-state index contributed by atoms with van der Waals surface area (Å²) in [6, 6.07) is 15.8. The molecule has 0 atom stereocenters. The smallest absolute Gasteiger partial charge is 0.162 e. The first-order valence-electron chi connectivity index (χ1n) is 7.86. The number of methoxy groups -OCH3 is 1. The van der Waals surface area contributed by atoms with Crippen LogP contribution in [0.4, 0.5) is 5.69 Å². The zero-order valence-electron chi connectivity index (χ0n) is 14.1. The van der Waals surface area contributed by atoms with Crippen molar-refractivity contribution in [2.75, 3.05) is 39.3 Å². The first-order valence-corrected chi connectivity index (χ1v) is 7.86. The monoisotopic (exact) mass is 315 g/mol. The van der Waals surface area contributed by atoms with Gasteiger partial charge in [0.05, 0.1) is 20.3 Å². The van der Waals surface area contributed by atoms with E-state index >= 15 is 0 Å². The number of rotatable bonds is 9. The second-order valence-electron chi connectivity index (χ2n) is 5.45. The standard InChI is InChI=1S/C19H25NO3/c1-20(2)16-11-12-18(19(15-16)21-3)23-14-8-7-13-22-17-9-5-4-6-10-17/h4-6,9-12,15H,7-8,13-14H2,1-3H3. The second kappa shape index (κ2) is 8.93. The van der Waals surface area contributed by atoms with E-state index < -0.39 is 0 Å². The Morgan fingerprint density at radius 1 is 0.826 bits per heavy atom. The van der Waals surface area contributed by atoms with E-state index in [1.54, 1.807) is 7.11 Å². The van der Waals surface area contributed by atoms with Gasteiger partial charge in [0.15, 0.2) is 11.5 Å². The quantitative estimate of drug-likeness (QED) is 0.655. The van der Waals surface area contributed by atoms with E-state index in [-0.39, 0.29) is 0 Å². The lowest BCUT2D eigenvalue weighted by Gasteiger charge is -2.16. The summed E-state index contributed by atoms with van der Waals surface area (Å²) in [5, 5.41) is 0. The van der Waals surface area contributed by atoms with Gasteiger partial charge in [0.25, 0.3) is 0 Å². The number of ether oxygens (including phenoxy) is 3. The van der Waals surface area contributed by atoms with E-state index in [0.717, 1.165) is 35.8 Å². The number of anilines is 1. The molecule has 0 radical (unpaired) electrons. The SMILES string of the molecule is COc1cc(N(C)C)ccc1OCCCCOc1ccccc1. The molecule has 0 heterocycles. The fourth-order valence-corrected chi connectivity index (χ4v) is 2.15. The van der Waals surface area contributed by atoms with Gasteiger partial charge in [-0.2, -0.15) is 0 Å². The number of benzene rings is 2. The maximum Gasteiger partial charge on any atom is 0.162 e. The van der Waals surface area contributed by atoms with Crippen molar-refractivity contribution >= 4 is 5.69 Å². The van der Waals surface area contributed by atoms with Crippen LogP contribution in [0.3, 0.4) is 0 Å². The summed E-state index contributed by atoms with van der Waals surface area (Å²) < 4.78 is 16.9. The van der Waals surface area contributed by atoms with Crippen LogP contribution >= 0.6 is 0 Å². The Bertz CT molecular complexity index is 584. The third kappa shape index (κ3) is 5.40. The highest BCUT2D eigenvalue weighted by atomic mass is 16.5. The van der Waals surface area contributed by atoms with E-state index in [9.17, 15) is 0 Å². The van der Waals surface area contributed by atoms with Gasteiger partial charge in [-0.15, -0.1) is 0 Å². The lowest BCUT2D eigenvalue weighted by Crippen LogP contribution is -2.09. The summed E-state index contributed by atoms with van der Waals surface area (Å²) >= 11 is 0. The fraction of sp³-hybridized carbons (Fsp3) is 0.368. The number of hydrogen-bond donors (Lipinski definition) is 0. The normalized spacial score (nSPS) is 10.2. The molecule has 0 aromatic heterocycles. The maximum atomic E-state index is 5.82. The van der Waals surface area contributed by atoms with E-state index in [0.29, 0.717) is 13.2 Å². The van der Waals surface area contributed by atoms with Gasteiger partial charge < -0.3 is 19.1 Å². The predicted octanol–water partition coefficient (Wildman–Crippen LogP) is 4.00. The molecular weight excluding hydrogens is 290 g/mol. The number of nitrogens with zero attached hydrogens (tertiary/aromatic N) is 1. The van der Waals surface area contributed by atoms with Gasteiger partial charge >= 0.3 is 0 Å². The molecule has 2 aromatic carbocycles. The minimum atomic E-state index is 0.649. The molecular formula is C19H25NO3. The van der Waals surface area contributed by atoms with Gasteiger partial charge in [-0.05, 0) is 37.1 Å². The fourth-order valence-electron chi connectivity index (χ4n) is 2.15. The Kier molecular flexibility index (Phi) is 6.60. The zero-order chi connectivity index (χ0) is 16.5. The summed E-state index contributed by atoms with van der Waals surface area (Å²) in [5.41, 5.74) is 1.09. The first kappa shape index (κ1) is 17.0. The minimum absolute atomic E-state index is 0.649. The number of hydrogen-bond acceptors (Lipinski definition) is 4. The molecule has 0 fully saturated rings. The first-order chi connectivity index (χ1) is 11.2. The zero-order valence-corrected chi connectivity index (χ0v) is 14.1. The summed E-state index contributed by atoms with van der Waals surface area (Å²) in [4.78, 5) is 2.03. The highest BCUT2D eigenvalue weighted by Crippen LogP contribution is 2.31. The van der Waals surface area contributed by atoms with Gasteiger partial charge in [0, 0.05) is 25.8 Å². The molecule has 0 aliphatic heterocycles. The minimum Gasteiger partial charge on any atom is -0.494 e. The molecule has 4 nitrogen and oxygen atoms in total. The van der Waals surface area contributed by atoms with Crippen LogP contribution in [0.15, 0.2) is 48.5 Å². The largest absolute Gasteiger partial charge is 0.494 e. The molecule has 0 saturated heterocycles. The Morgan fingerprint density at radius 2 is 1.52 bits per heavy atom. The molecule has 23 heavy (non-hydrogen) atoms. The van der Waals surface area contributed by atoms with Crippen LogP contribution in [0.5, 0.6) is 17.2 Å². The Morgan fingerprint density at radius 3 is 2.17 bits per heavy atom. The molecule has 0 saturated carbocycles. The third-order valence-electron chi connectivity index (χ3n) is 3.47. The molecule has 0 N–H and O–H groups in total. The second-order valence-corrected chi connectivity index (χ2v) is 5.45. The van der Waals surface area contributed by atoms with Crippen LogP contribution in [0.25, 0.3) is 0 Å². The number of unbranched alkanes of at least 4 members (excludes halogenated alkanes) is 1. The third-order valence-corrected chi connectivity index (χ3v) is 3.47. The predicted molar refractivity (Wildman–Crippen MR) is 94.0 cm³/mol. The van der Waals surface area contributed by atoms with Crippen molar-refractivity contribution in [2.45, 2.75) is 12.8 Å². The van der Waals surface area contributed by atoms with Crippen LogP contribution in [0, 0.1) is 0 Å². The van der Waals surface area contributed by atoms with E-state index in [2.05, 4.69) is 0 Å². The van der Waals surface area contributed by atoms with Crippen LogP contribution < -0.4 is 19.1 Å². The molecule has 124 valence electrons. The molecule has 2 aromatic rings. The van der Waals surface area contributed by atoms with Crippen LogP contribution in [0.1, 0.15) is 12.8 Å². The van der Waals surface area contributed by atoms with Crippen LogP contribution in [0.2, 0.25) is 0 Å². The Balaban J connectivity index is 1.71. The molecule has 0 spiro atoms. The van der Waals surface area contributed by atoms with Crippen molar-refractivity contribution in [3.63, 3.8) is 0 Å². The van der Waals surface area contributed by atoms with Crippen molar-refractivity contribution in [3.8, 4) is 17.2 Å². The van der Waals surface area contributed by atoms with Gasteiger partial charge in [0.1, 0.15) is 5.75 Å². The molecule has 2 rings (SSSR count). The number of para-hydroxylation sites is 1. The van der Waals surface area contributed by atoms with Gasteiger partial charge in [-0.3, -0.25) is 0 Å². The topological polar surface area (TPSA) is 30.9 Å². The van der Waals surface area contributed by atoms with Gasteiger partial charge in [-0.25, -0.2) is 0 Å². The molecule has 0 aliphatic rings. The van der Waals surface area contributed by atoms with Crippen molar-refractivity contribution in [1.82, 2.24) is 0 Å².